The standard InChI is InChI=1S/C9H12N2.C2H6/c1-4-9-8(2)6-5-7-11(9)10-3;1-2/h4-7H,3H2,1-2H3;1-2H3/b9-4-;. The minimum Gasteiger partial charge on any atom is -0.242 e. The van der Waals surface area contributed by atoms with Crippen molar-refractivity contribution in [3.8, 4) is 0 Å². The van der Waals surface area contributed by atoms with Crippen LogP contribution in [-0.2, 0) is 0 Å². The third-order valence-corrected chi connectivity index (χ3v) is 1.65. The van der Waals surface area contributed by atoms with Crippen LogP contribution in [0, 0.1) is 0 Å². The Kier molecular flexibility index (Phi) is 5.60. The predicted molar refractivity (Wildman–Crippen MR) is 59.4 cm³/mol. The van der Waals surface area contributed by atoms with Crippen molar-refractivity contribution in [1.82, 2.24) is 5.01 Å². The summed E-state index contributed by atoms with van der Waals surface area (Å²) in [5, 5.41) is 5.60. The molecule has 1 aliphatic rings. The Morgan fingerprint density at radius 2 is 2.08 bits per heavy atom. The van der Waals surface area contributed by atoms with Crippen molar-refractivity contribution in [2.45, 2.75) is 27.7 Å². The van der Waals surface area contributed by atoms with Crippen molar-refractivity contribution in [1.29, 1.82) is 0 Å². The molecule has 2 heteroatoms. The average Bonchev–Trinajstić information content (AvgIpc) is 2.20. The van der Waals surface area contributed by atoms with E-state index in [-0.39, 0.29) is 0 Å². The van der Waals surface area contributed by atoms with Gasteiger partial charge < -0.3 is 0 Å². The van der Waals surface area contributed by atoms with E-state index in [0.29, 0.717) is 0 Å². The highest BCUT2D eigenvalue weighted by Crippen LogP contribution is 2.19. The van der Waals surface area contributed by atoms with Crippen LogP contribution in [0.1, 0.15) is 27.7 Å². The quantitative estimate of drug-likeness (QED) is 0.562. The van der Waals surface area contributed by atoms with Gasteiger partial charge in [0.25, 0.3) is 0 Å². The first kappa shape index (κ1) is 11.7. The summed E-state index contributed by atoms with van der Waals surface area (Å²) in [5.74, 6) is 0. The molecule has 0 amide bonds. The first-order chi connectivity index (χ1) is 6.29. The van der Waals surface area contributed by atoms with Crippen molar-refractivity contribution in [3.63, 3.8) is 0 Å². The molecule has 0 N–H and O–H groups in total. The zero-order valence-electron chi connectivity index (χ0n) is 8.91. The van der Waals surface area contributed by atoms with Gasteiger partial charge in [0.05, 0.1) is 5.70 Å². The first-order valence-electron chi connectivity index (χ1n) is 4.57. The van der Waals surface area contributed by atoms with E-state index in [9.17, 15) is 0 Å². The lowest BCUT2D eigenvalue weighted by molar-refractivity contribution is 0.505. The van der Waals surface area contributed by atoms with Crippen LogP contribution in [-0.4, -0.2) is 11.7 Å². The lowest BCUT2D eigenvalue weighted by atomic mass is 10.1. The van der Waals surface area contributed by atoms with Crippen LogP contribution in [0.25, 0.3) is 0 Å². The van der Waals surface area contributed by atoms with Crippen LogP contribution >= 0.6 is 0 Å². The van der Waals surface area contributed by atoms with Gasteiger partial charge in [-0.2, -0.15) is 5.10 Å². The maximum atomic E-state index is 3.84. The molecule has 0 radical (unpaired) electrons. The SMILES string of the molecule is C=NN1C=CC=C(C)/C1=C/C.CC. The molecule has 13 heavy (non-hydrogen) atoms. The molecule has 72 valence electrons. The molecule has 0 aromatic heterocycles. The second kappa shape index (κ2) is 6.23. The number of hydrazone groups is 1. The zero-order valence-corrected chi connectivity index (χ0v) is 8.91. The van der Waals surface area contributed by atoms with Crippen molar-refractivity contribution in [3.05, 3.63) is 35.7 Å². The summed E-state index contributed by atoms with van der Waals surface area (Å²) in [6, 6.07) is 0. The van der Waals surface area contributed by atoms with Crippen LogP contribution < -0.4 is 0 Å². The van der Waals surface area contributed by atoms with Gasteiger partial charge in [-0.3, -0.25) is 0 Å². The lowest BCUT2D eigenvalue weighted by Crippen LogP contribution is -2.11. The van der Waals surface area contributed by atoms with Gasteiger partial charge in [0.2, 0.25) is 0 Å². The van der Waals surface area contributed by atoms with Crippen LogP contribution in [0.4, 0.5) is 0 Å². The van der Waals surface area contributed by atoms with E-state index in [4.69, 9.17) is 0 Å². The third kappa shape index (κ3) is 2.90. The molecule has 0 aromatic carbocycles. The van der Waals surface area contributed by atoms with Crippen molar-refractivity contribution < 1.29 is 0 Å². The summed E-state index contributed by atoms with van der Waals surface area (Å²) in [6.45, 7) is 11.5. The van der Waals surface area contributed by atoms with Crippen LogP contribution in [0.15, 0.2) is 40.8 Å². The smallest absolute Gasteiger partial charge is 0.0631 e. The maximum absolute atomic E-state index is 3.84. The summed E-state index contributed by atoms with van der Waals surface area (Å²) >= 11 is 0. The molecule has 0 spiro atoms. The summed E-state index contributed by atoms with van der Waals surface area (Å²) in [6.07, 6.45) is 7.91. The Labute approximate surface area is 80.9 Å². The molecule has 1 aliphatic heterocycles. The van der Waals surface area contributed by atoms with Crippen LogP contribution in [0.5, 0.6) is 0 Å². The number of hydrogen-bond donors (Lipinski definition) is 0. The fourth-order valence-corrected chi connectivity index (χ4v) is 1.10. The molecule has 0 fully saturated rings. The van der Waals surface area contributed by atoms with Gasteiger partial charge in [-0.05, 0) is 25.5 Å². The third-order valence-electron chi connectivity index (χ3n) is 1.65. The van der Waals surface area contributed by atoms with Crippen LogP contribution in [0.2, 0.25) is 0 Å². The van der Waals surface area contributed by atoms with Crippen molar-refractivity contribution >= 4 is 6.72 Å². The molecular formula is C11H18N2. The summed E-state index contributed by atoms with van der Waals surface area (Å²) in [5.41, 5.74) is 2.31. The van der Waals surface area contributed by atoms with Crippen molar-refractivity contribution in [2.24, 2.45) is 5.10 Å². The highest BCUT2D eigenvalue weighted by Gasteiger charge is 2.07. The highest BCUT2D eigenvalue weighted by atomic mass is 15.4. The summed E-state index contributed by atoms with van der Waals surface area (Å²) in [7, 11) is 0. The van der Waals surface area contributed by atoms with E-state index in [1.807, 2.05) is 39.1 Å². The van der Waals surface area contributed by atoms with E-state index in [2.05, 4.69) is 24.8 Å². The fourth-order valence-electron chi connectivity index (χ4n) is 1.10. The minimum absolute atomic E-state index is 1.10. The largest absolute Gasteiger partial charge is 0.242 e. The average molecular weight is 178 g/mol. The normalized spacial score (nSPS) is 17.7. The molecule has 1 heterocycles. The molecule has 2 nitrogen and oxygen atoms in total. The van der Waals surface area contributed by atoms with E-state index >= 15 is 0 Å². The van der Waals surface area contributed by atoms with Gasteiger partial charge in [0, 0.05) is 12.9 Å². The molecule has 0 unspecified atom stereocenters. The van der Waals surface area contributed by atoms with Gasteiger partial charge in [0.1, 0.15) is 0 Å². The fraction of sp³-hybridized carbons (Fsp3) is 0.364. The van der Waals surface area contributed by atoms with Gasteiger partial charge in [-0.1, -0.05) is 26.0 Å². The first-order valence-corrected chi connectivity index (χ1v) is 4.57. The predicted octanol–water partition coefficient (Wildman–Crippen LogP) is 3.31. The van der Waals surface area contributed by atoms with E-state index in [1.54, 1.807) is 5.01 Å². The molecule has 0 aromatic rings. The molecular weight excluding hydrogens is 160 g/mol. The molecule has 0 aliphatic carbocycles. The Hall–Kier alpha value is -1.31. The molecule has 0 bridgehead atoms. The topological polar surface area (TPSA) is 15.6 Å². The van der Waals surface area contributed by atoms with Gasteiger partial charge in [0.15, 0.2) is 0 Å². The Balaban J connectivity index is 0.000000671. The molecule has 1 rings (SSSR count). The Bertz CT molecular complexity index is 247. The Morgan fingerprint density at radius 3 is 2.46 bits per heavy atom. The van der Waals surface area contributed by atoms with E-state index < -0.39 is 0 Å². The van der Waals surface area contributed by atoms with Gasteiger partial charge in [-0.25, -0.2) is 5.01 Å². The molecule has 0 saturated carbocycles. The van der Waals surface area contributed by atoms with Gasteiger partial charge in [-0.15, -0.1) is 0 Å². The Morgan fingerprint density at radius 1 is 1.46 bits per heavy atom. The van der Waals surface area contributed by atoms with E-state index in [0.717, 1.165) is 5.70 Å². The highest BCUT2D eigenvalue weighted by molar-refractivity contribution is 5.37. The summed E-state index contributed by atoms with van der Waals surface area (Å²) in [4.78, 5) is 0. The zero-order chi connectivity index (χ0) is 10.3. The van der Waals surface area contributed by atoms with E-state index in [1.165, 1.54) is 5.57 Å². The molecule has 0 saturated heterocycles. The second-order valence-corrected chi connectivity index (χ2v) is 2.35. The minimum atomic E-state index is 1.10. The van der Waals surface area contributed by atoms with Crippen molar-refractivity contribution in [2.75, 3.05) is 0 Å². The number of rotatable bonds is 1. The number of nitrogens with zero attached hydrogens (tertiary/aromatic N) is 2. The number of allylic oxidation sites excluding steroid dienone is 4. The maximum Gasteiger partial charge on any atom is 0.0631 e. The van der Waals surface area contributed by atoms with Gasteiger partial charge >= 0.3 is 0 Å². The molecule has 0 atom stereocenters. The monoisotopic (exact) mass is 178 g/mol. The summed E-state index contributed by atoms with van der Waals surface area (Å²) < 4.78 is 0. The lowest BCUT2D eigenvalue weighted by Gasteiger charge is -2.20. The second-order valence-electron chi connectivity index (χ2n) is 2.35. The number of hydrogen-bond acceptors (Lipinski definition) is 2. The van der Waals surface area contributed by atoms with Crippen LogP contribution in [0.3, 0.4) is 0 Å².